The van der Waals surface area contributed by atoms with Gasteiger partial charge in [0.1, 0.15) is 5.75 Å². The lowest BCUT2D eigenvalue weighted by atomic mass is 10.0. The number of ether oxygens (including phenoxy) is 1. The van der Waals surface area contributed by atoms with Gasteiger partial charge in [0.25, 0.3) is 5.91 Å². The molecule has 0 spiro atoms. The number of aromatic nitrogens is 2. The van der Waals surface area contributed by atoms with Crippen molar-refractivity contribution in [2.45, 2.75) is 26.3 Å². The summed E-state index contributed by atoms with van der Waals surface area (Å²) < 4.78 is 6.85. The molecule has 1 heterocycles. The Hall–Kier alpha value is -2.30. The minimum Gasteiger partial charge on any atom is -0.497 e. The van der Waals surface area contributed by atoms with Gasteiger partial charge in [-0.25, -0.2) is 0 Å². The number of carbonyl (C=O) groups excluding carboxylic acids is 1. The van der Waals surface area contributed by atoms with Crippen molar-refractivity contribution < 1.29 is 9.53 Å². The van der Waals surface area contributed by atoms with Crippen LogP contribution in [0.1, 0.15) is 41.0 Å². The van der Waals surface area contributed by atoms with Gasteiger partial charge in [0.05, 0.1) is 24.9 Å². The van der Waals surface area contributed by atoms with Crippen LogP contribution in [0.4, 0.5) is 0 Å². The van der Waals surface area contributed by atoms with E-state index in [1.54, 1.807) is 18.0 Å². The maximum atomic E-state index is 12.4. The van der Waals surface area contributed by atoms with E-state index in [0.29, 0.717) is 5.56 Å². The predicted octanol–water partition coefficient (Wildman–Crippen LogP) is 2.62. The van der Waals surface area contributed by atoms with Gasteiger partial charge in [-0.05, 0) is 31.0 Å². The van der Waals surface area contributed by atoms with Crippen LogP contribution >= 0.6 is 0 Å². The minimum atomic E-state index is -0.0942. The van der Waals surface area contributed by atoms with Crippen LogP contribution in [0.2, 0.25) is 0 Å². The van der Waals surface area contributed by atoms with Gasteiger partial charge in [-0.3, -0.25) is 9.48 Å². The standard InChI is InChI=1S/C16H21N3O2/c1-5-15(12-6-8-13(21-4)9-7-12)18-16(20)14-10-17-19(3)11(14)2/h6-10,15H,5H2,1-4H3,(H,18,20). The molecule has 21 heavy (non-hydrogen) atoms. The van der Waals surface area contributed by atoms with E-state index in [1.807, 2.05) is 45.2 Å². The Balaban J connectivity index is 2.14. The van der Waals surface area contributed by atoms with Crippen LogP contribution in [0.15, 0.2) is 30.5 Å². The van der Waals surface area contributed by atoms with Gasteiger partial charge in [-0.1, -0.05) is 19.1 Å². The molecule has 1 aromatic carbocycles. The van der Waals surface area contributed by atoms with Crippen molar-refractivity contribution in [3.63, 3.8) is 0 Å². The minimum absolute atomic E-state index is 0.0250. The molecule has 1 amide bonds. The highest BCUT2D eigenvalue weighted by atomic mass is 16.5. The smallest absolute Gasteiger partial charge is 0.255 e. The second-order valence-corrected chi connectivity index (χ2v) is 4.97. The van der Waals surface area contributed by atoms with Crippen molar-refractivity contribution in [1.82, 2.24) is 15.1 Å². The summed E-state index contributed by atoms with van der Waals surface area (Å²) in [6, 6.07) is 7.73. The number of nitrogens with one attached hydrogen (secondary N) is 1. The molecule has 5 heteroatoms. The lowest BCUT2D eigenvalue weighted by Crippen LogP contribution is -2.28. The Morgan fingerprint density at radius 3 is 2.52 bits per heavy atom. The number of nitrogens with zero attached hydrogens (tertiary/aromatic N) is 2. The molecular weight excluding hydrogens is 266 g/mol. The number of methoxy groups -OCH3 is 1. The van der Waals surface area contributed by atoms with Crippen molar-refractivity contribution in [3.8, 4) is 5.75 Å². The lowest BCUT2D eigenvalue weighted by molar-refractivity contribution is 0.0935. The fraction of sp³-hybridized carbons (Fsp3) is 0.375. The van der Waals surface area contributed by atoms with Crippen molar-refractivity contribution in [2.24, 2.45) is 7.05 Å². The third-order valence-electron chi connectivity index (χ3n) is 3.71. The molecule has 0 fully saturated rings. The quantitative estimate of drug-likeness (QED) is 0.919. The molecule has 1 aromatic heterocycles. The molecule has 5 nitrogen and oxygen atoms in total. The summed E-state index contributed by atoms with van der Waals surface area (Å²) in [5.74, 6) is 0.714. The summed E-state index contributed by atoms with van der Waals surface area (Å²) in [6.07, 6.45) is 2.42. The Morgan fingerprint density at radius 2 is 2.05 bits per heavy atom. The van der Waals surface area contributed by atoms with Crippen molar-refractivity contribution in [3.05, 3.63) is 47.3 Å². The van der Waals surface area contributed by atoms with Gasteiger partial charge >= 0.3 is 0 Å². The number of carbonyl (C=O) groups is 1. The van der Waals surface area contributed by atoms with E-state index in [9.17, 15) is 4.79 Å². The number of hydrogen-bond acceptors (Lipinski definition) is 3. The normalized spacial score (nSPS) is 12.0. The average molecular weight is 287 g/mol. The zero-order valence-corrected chi connectivity index (χ0v) is 12.9. The summed E-state index contributed by atoms with van der Waals surface area (Å²) in [6.45, 7) is 3.93. The maximum Gasteiger partial charge on any atom is 0.255 e. The Kier molecular flexibility index (Phi) is 4.62. The molecule has 2 rings (SSSR count). The molecule has 0 aliphatic rings. The first-order chi connectivity index (χ1) is 10.1. The van der Waals surface area contributed by atoms with Gasteiger partial charge < -0.3 is 10.1 Å². The molecule has 1 unspecified atom stereocenters. The number of hydrogen-bond donors (Lipinski definition) is 1. The van der Waals surface area contributed by atoms with Gasteiger partial charge in [0.15, 0.2) is 0 Å². The molecular formula is C16H21N3O2. The van der Waals surface area contributed by atoms with Gasteiger partial charge in [0, 0.05) is 12.7 Å². The number of rotatable bonds is 5. The third-order valence-corrected chi connectivity index (χ3v) is 3.71. The van der Waals surface area contributed by atoms with Crippen LogP contribution < -0.4 is 10.1 Å². The monoisotopic (exact) mass is 287 g/mol. The first kappa shape index (κ1) is 15.1. The Labute approximate surface area is 124 Å². The van der Waals surface area contributed by atoms with E-state index >= 15 is 0 Å². The first-order valence-corrected chi connectivity index (χ1v) is 7.00. The summed E-state index contributed by atoms with van der Waals surface area (Å²) in [7, 11) is 3.46. The highest BCUT2D eigenvalue weighted by Gasteiger charge is 2.17. The van der Waals surface area contributed by atoms with Crippen molar-refractivity contribution in [1.29, 1.82) is 0 Å². The maximum absolute atomic E-state index is 12.4. The third kappa shape index (κ3) is 3.24. The Morgan fingerprint density at radius 1 is 1.38 bits per heavy atom. The zero-order chi connectivity index (χ0) is 15.4. The van der Waals surface area contributed by atoms with Crippen LogP contribution in [-0.4, -0.2) is 22.8 Å². The summed E-state index contributed by atoms with van der Waals surface area (Å²) >= 11 is 0. The fourth-order valence-electron chi connectivity index (χ4n) is 2.21. The highest BCUT2D eigenvalue weighted by Crippen LogP contribution is 2.21. The van der Waals surface area contributed by atoms with Crippen LogP contribution in [-0.2, 0) is 7.05 Å². The fourth-order valence-corrected chi connectivity index (χ4v) is 2.21. The average Bonchev–Trinajstić information content (AvgIpc) is 2.84. The summed E-state index contributed by atoms with van der Waals surface area (Å²) in [5, 5.41) is 7.16. The molecule has 0 aliphatic carbocycles. The molecule has 2 aromatic rings. The molecule has 0 saturated carbocycles. The van der Waals surface area contributed by atoms with E-state index in [-0.39, 0.29) is 11.9 Å². The van der Waals surface area contributed by atoms with E-state index < -0.39 is 0 Å². The second-order valence-electron chi connectivity index (χ2n) is 4.97. The molecule has 0 bridgehead atoms. The highest BCUT2D eigenvalue weighted by molar-refractivity contribution is 5.95. The van der Waals surface area contributed by atoms with Gasteiger partial charge in [-0.15, -0.1) is 0 Å². The van der Waals surface area contributed by atoms with Crippen LogP contribution in [0.3, 0.4) is 0 Å². The number of amides is 1. The van der Waals surface area contributed by atoms with E-state index in [4.69, 9.17) is 4.74 Å². The molecule has 1 atom stereocenters. The largest absolute Gasteiger partial charge is 0.497 e. The van der Waals surface area contributed by atoms with E-state index in [2.05, 4.69) is 10.4 Å². The number of benzene rings is 1. The number of aryl methyl sites for hydroxylation is 1. The van der Waals surface area contributed by atoms with E-state index in [0.717, 1.165) is 23.4 Å². The summed E-state index contributed by atoms with van der Waals surface area (Å²) in [4.78, 5) is 12.4. The van der Waals surface area contributed by atoms with Crippen LogP contribution in [0.25, 0.3) is 0 Å². The summed E-state index contributed by atoms with van der Waals surface area (Å²) in [5.41, 5.74) is 2.54. The van der Waals surface area contributed by atoms with Gasteiger partial charge in [0.2, 0.25) is 0 Å². The molecule has 112 valence electrons. The van der Waals surface area contributed by atoms with Gasteiger partial charge in [-0.2, -0.15) is 5.10 Å². The van der Waals surface area contributed by atoms with Crippen LogP contribution in [0.5, 0.6) is 5.75 Å². The molecule has 0 saturated heterocycles. The predicted molar refractivity (Wildman–Crippen MR) is 81.4 cm³/mol. The Bertz CT molecular complexity index is 617. The van der Waals surface area contributed by atoms with E-state index in [1.165, 1.54) is 0 Å². The topological polar surface area (TPSA) is 56.2 Å². The molecule has 0 radical (unpaired) electrons. The van der Waals surface area contributed by atoms with Crippen molar-refractivity contribution >= 4 is 5.91 Å². The second kappa shape index (κ2) is 6.43. The van der Waals surface area contributed by atoms with Crippen LogP contribution in [0, 0.1) is 6.92 Å². The lowest BCUT2D eigenvalue weighted by Gasteiger charge is -2.17. The molecule has 0 aliphatic heterocycles. The molecule has 1 N–H and O–H groups in total. The zero-order valence-electron chi connectivity index (χ0n) is 12.9. The van der Waals surface area contributed by atoms with Crippen molar-refractivity contribution in [2.75, 3.05) is 7.11 Å². The first-order valence-electron chi connectivity index (χ1n) is 7.00. The SMILES string of the molecule is CCC(NC(=O)c1cnn(C)c1C)c1ccc(OC)cc1.